The van der Waals surface area contributed by atoms with Gasteiger partial charge in [0.25, 0.3) is 5.91 Å². The Hall–Kier alpha value is -2.56. The van der Waals surface area contributed by atoms with Crippen molar-refractivity contribution in [1.82, 2.24) is 9.88 Å². The van der Waals surface area contributed by atoms with E-state index < -0.39 is 0 Å². The maximum Gasteiger partial charge on any atom is 0.255 e. The average Bonchev–Trinajstić information content (AvgIpc) is 3.12. The maximum absolute atomic E-state index is 13.6. The van der Waals surface area contributed by atoms with Crippen LogP contribution in [0.2, 0.25) is 5.02 Å². The van der Waals surface area contributed by atoms with Gasteiger partial charge in [-0.25, -0.2) is 0 Å². The van der Waals surface area contributed by atoms with Gasteiger partial charge in [-0.1, -0.05) is 54.1 Å². The Labute approximate surface area is 182 Å². The van der Waals surface area contributed by atoms with E-state index in [0.29, 0.717) is 17.1 Å². The number of aromatic amines is 1. The number of carbonyl (C=O) groups is 1. The minimum Gasteiger partial charge on any atom is -0.356 e. The van der Waals surface area contributed by atoms with Crippen LogP contribution in [-0.4, -0.2) is 22.3 Å². The molecule has 3 aromatic carbocycles. The third-order valence-electron chi connectivity index (χ3n) is 5.59. The van der Waals surface area contributed by atoms with Crippen molar-refractivity contribution in [1.29, 1.82) is 0 Å². The fourth-order valence-corrected chi connectivity index (χ4v) is 4.82. The minimum atomic E-state index is -0.192. The second-order valence-electron chi connectivity index (χ2n) is 7.25. The molecule has 1 aliphatic heterocycles. The summed E-state index contributed by atoms with van der Waals surface area (Å²) in [6.07, 6.45) is 0.819. The number of hydrogen-bond donors (Lipinski definition) is 1. The molecule has 0 saturated carbocycles. The van der Waals surface area contributed by atoms with Crippen molar-refractivity contribution >= 4 is 44.3 Å². The summed E-state index contributed by atoms with van der Waals surface area (Å²) in [5, 5.41) is 1.92. The zero-order valence-corrected chi connectivity index (χ0v) is 17.9. The normalized spacial score (nSPS) is 16.1. The van der Waals surface area contributed by atoms with E-state index in [1.807, 2.05) is 59.5 Å². The quantitative estimate of drug-likeness (QED) is 0.367. The van der Waals surface area contributed by atoms with Gasteiger partial charge in [-0.2, -0.15) is 0 Å². The summed E-state index contributed by atoms with van der Waals surface area (Å²) in [5.74, 6) is 0.0155. The van der Waals surface area contributed by atoms with Gasteiger partial charge >= 0.3 is 0 Å². The van der Waals surface area contributed by atoms with E-state index in [1.54, 1.807) is 0 Å². The molecule has 0 saturated heterocycles. The molecule has 0 aliphatic carbocycles. The standard InChI is InChI=1S/C24H18BrClN2O/c25-20-7-3-1-6-19(20)24(29)28-14-13-18-17-5-2-4-8-21(17)27-22(18)23(28)15-9-11-16(26)12-10-15/h1-12,23,27H,13-14H2. The van der Waals surface area contributed by atoms with Gasteiger partial charge in [-0.15, -0.1) is 0 Å². The topological polar surface area (TPSA) is 36.1 Å². The lowest BCUT2D eigenvalue weighted by Gasteiger charge is -2.36. The van der Waals surface area contributed by atoms with Gasteiger partial charge in [0.1, 0.15) is 0 Å². The van der Waals surface area contributed by atoms with Crippen LogP contribution in [-0.2, 0) is 6.42 Å². The molecule has 1 unspecified atom stereocenters. The van der Waals surface area contributed by atoms with Crippen LogP contribution in [0.4, 0.5) is 0 Å². The van der Waals surface area contributed by atoms with E-state index >= 15 is 0 Å². The molecule has 1 aromatic heterocycles. The van der Waals surface area contributed by atoms with Crippen molar-refractivity contribution in [2.75, 3.05) is 6.54 Å². The lowest BCUT2D eigenvalue weighted by atomic mass is 9.91. The molecule has 29 heavy (non-hydrogen) atoms. The predicted molar refractivity (Wildman–Crippen MR) is 120 cm³/mol. The number of fused-ring (bicyclic) bond motifs is 3. The Bertz CT molecular complexity index is 1220. The Morgan fingerprint density at radius 3 is 2.52 bits per heavy atom. The maximum atomic E-state index is 13.6. The summed E-state index contributed by atoms with van der Waals surface area (Å²) in [4.78, 5) is 19.1. The summed E-state index contributed by atoms with van der Waals surface area (Å²) in [5.41, 5.74) is 5.19. The molecule has 0 bridgehead atoms. The molecule has 0 radical (unpaired) electrons. The van der Waals surface area contributed by atoms with E-state index in [4.69, 9.17) is 11.6 Å². The molecule has 5 heteroatoms. The minimum absolute atomic E-state index is 0.0155. The summed E-state index contributed by atoms with van der Waals surface area (Å²) in [6, 6.07) is 23.5. The van der Waals surface area contributed by atoms with Crippen LogP contribution in [0.5, 0.6) is 0 Å². The van der Waals surface area contributed by atoms with E-state index in [0.717, 1.165) is 27.7 Å². The number of nitrogens with zero attached hydrogens (tertiary/aromatic N) is 1. The Balaban J connectivity index is 1.68. The van der Waals surface area contributed by atoms with Gasteiger partial charge in [-0.05, 0) is 63.8 Å². The number of H-pyrrole nitrogens is 1. The zero-order chi connectivity index (χ0) is 20.0. The Morgan fingerprint density at radius 1 is 1.00 bits per heavy atom. The summed E-state index contributed by atoms with van der Waals surface area (Å²) in [7, 11) is 0. The first-order valence-corrected chi connectivity index (χ1v) is 10.7. The second-order valence-corrected chi connectivity index (χ2v) is 8.54. The molecule has 0 fully saturated rings. The molecule has 1 N–H and O–H groups in total. The number of aromatic nitrogens is 1. The third kappa shape index (κ3) is 3.17. The van der Waals surface area contributed by atoms with Crippen molar-refractivity contribution < 1.29 is 4.79 Å². The highest BCUT2D eigenvalue weighted by molar-refractivity contribution is 9.10. The van der Waals surface area contributed by atoms with Crippen LogP contribution in [0.15, 0.2) is 77.3 Å². The first kappa shape index (κ1) is 18.5. The SMILES string of the molecule is O=C(c1ccccc1Br)N1CCc2c([nH]c3ccccc23)C1c1ccc(Cl)cc1. The van der Waals surface area contributed by atoms with Crippen molar-refractivity contribution in [3.63, 3.8) is 0 Å². The van der Waals surface area contributed by atoms with Gasteiger partial charge in [-0.3, -0.25) is 4.79 Å². The number of halogens is 2. The fraction of sp³-hybridized carbons (Fsp3) is 0.125. The third-order valence-corrected chi connectivity index (χ3v) is 6.53. The monoisotopic (exact) mass is 464 g/mol. The Kier molecular flexibility index (Phi) is 4.69. The van der Waals surface area contributed by atoms with Crippen LogP contribution >= 0.6 is 27.5 Å². The molecule has 4 aromatic rings. The predicted octanol–water partition coefficient (Wildman–Crippen LogP) is 6.37. The van der Waals surface area contributed by atoms with E-state index in [1.165, 1.54) is 10.9 Å². The average molecular weight is 466 g/mol. The van der Waals surface area contributed by atoms with Gasteiger partial charge < -0.3 is 9.88 Å². The first-order valence-electron chi connectivity index (χ1n) is 9.54. The molecular weight excluding hydrogens is 448 g/mol. The van der Waals surface area contributed by atoms with Gasteiger partial charge in [0, 0.05) is 32.6 Å². The van der Waals surface area contributed by atoms with Crippen LogP contribution in [0.3, 0.4) is 0 Å². The number of carbonyl (C=O) groups excluding carboxylic acids is 1. The molecule has 0 spiro atoms. The number of amides is 1. The lowest BCUT2D eigenvalue weighted by molar-refractivity contribution is 0.0691. The summed E-state index contributed by atoms with van der Waals surface area (Å²) >= 11 is 9.67. The number of para-hydroxylation sites is 1. The number of hydrogen-bond acceptors (Lipinski definition) is 1. The smallest absolute Gasteiger partial charge is 0.255 e. The van der Waals surface area contributed by atoms with Crippen molar-refractivity contribution in [2.45, 2.75) is 12.5 Å². The molecule has 1 aliphatic rings. The zero-order valence-electron chi connectivity index (χ0n) is 15.5. The van der Waals surface area contributed by atoms with E-state index in [9.17, 15) is 4.79 Å². The van der Waals surface area contributed by atoms with Crippen molar-refractivity contribution in [2.24, 2.45) is 0 Å². The fourth-order valence-electron chi connectivity index (χ4n) is 4.24. The van der Waals surface area contributed by atoms with E-state index in [-0.39, 0.29) is 11.9 Å². The summed E-state index contributed by atoms with van der Waals surface area (Å²) in [6.45, 7) is 0.655. The van der Waals surface area contributed by atoms with Crippen LogP contribution < -0.4 is 0 Å². The highest BCUT2D eigenvalue weighted by Gasteiger charge is 2.35. The highest BCUT2D eigenvalue weighted by atomic mass is 79.9. The molecule has 5 rings (SSSR count). The second kappa shape index (κ2) is 7.36. The number of rotatable bonds is 2. The van der Waals surface area contributed by atoms with Gasteiger partial charge in [0.2, 0.25) is 0 Å². The molecule has 3 nitrogen and oxygen atoms in total. The lowest BCUT2D eigenvalue weighted by Crippen LogP contribution is -2.40. The largest absolute Gasteiger partial charge is 0.356 e. The number of benzene rings is 3. The number of nitrogens with one attached hydrogen (secondary N) is 1. The summed E-state index contributed by atoms with van der Waals surface area (Å²) < 4.78 is 0.808. The van der Waals surface area contributed by atoms with Crippen LogP contribution in [0.25, 0.3) is 10.9 Å². The van der Waals surface area contributed by atoms with E-state index in [2.05, 4.69) is 39.1 Å². The highest BCUT2D eigenvalue weighted by Crippen LogP contribution is 2.39. The van der Waals surface area contributed by atoms with Gasteiger partial charge in [0.05, 0.1) is 11.6 Å². The molecule has 1 amide bonds. The van der Waals surface area contributed by atoms with Crippen molar-refractivity contribution in [3.05, 3.63) is 105 Å². The first-order chi connectivity index (χ1) is 14.1. The van der Waals surface area contributed by atoms with Gasteiger partial charge in [0.15, 0.2) is 0 Å². The molecule has 1 atom stereocenters. The van der Waals surface area contributed by atoms with Crippen molar-refractivity contribution in [3.8, 4) is 0 Å². The van der Waals surface area contributed by atoms with Crippen LogP contribution in [0, 0.1) is 0 Å². The molecule has 2 heterocycles. The molecule has 144 valence electrons. The Morgan fingerprint density at radius 2 is 1.72 bits per heavy atom. The van der Waals surface area contributed by atoms with Crippen LogP contribution in [0.1, 0.15) is 33.2 Å². The molecular formula is C24H18BrClN2O.